The Balaban J connectivity index is 2.40. The first-order valence-corrected chi connectivity index (χ1v) is 6.85. The van der Waals surface area contributed by atoms with Crippen molar-refractivity contribution >= 4 is 33.4 Å². The van der Waals surface area contributed by atoms with Crippen molar-refractivity contribution in [3.05, 3.63) is 28.7 Å². The maximum atomic E-state index is 11.6. The Kier molecular flexibility index (Phi) is 6.52. The van der Waals surface area contributed by atoms with E-state index in [9.17, 15) is 14.7 Å². The van der Waals surface area contributed by atoms with Gasteiger partial charge in [-0.25, -0.2) is 0 Å². The summed E-state index contributed by atoms with van der Waals surface area (Å²) in [5, 5.41) is 14.3. The molecule has 2 amide bonds. The van der Waals surface area contributed by atoms with Gasteiger partial charge in [0.05, 0.1) is 6.10 Å². The highest BCUT2D eigenvalue weighted by molar-refractivity contribution is 9.10. The summed E-state index contributed by atoms with van der Waals surface area (Å²) in [6.07, 6.45) is 0.797. The van der Waals surface area contributed by atoms with Crippen LogP contribution in [0.3, 0.4) is 0 Å². The van der Waals surface area contributed by atoms with E-state index < -0.39 is 17.9 Å². The van der Waals surface area contributed by atoms with Crippen LogP contribution in [-0.2, 0) is 9.59 Å². The molecule has 1 atom stereocenters. The molecule has 0 aliphatic carbocycles. The van der Waals surface area contributed by atoms with Crippen molar-refractivity contribution in [2.24, 2.45) is 0 Å². The van der Waals surface area contributed by atoms with E-state index in [0.29, 0.717) is 12.1 Å². The molecule has 0 saturated heterocycles. The van der Waals surface area contributed by atoms with Crippen molar-refractivity contribution in [2.75, 3.05) is 11.9 Å². The number of aliphatic hydroxyl groups excluding tert-OH is 1. The highest BCUT2D eigenvalue weighted by atomic mass is 79.9. The Bertz CT molecular complexity index is 434. The fourth-order valence-electron chi connectivity index (χ4n) is 1.45. The third-order valence-corrected chi connectivity index (χ3v) is 2.96. The molecular formula is C13H17BrN2O3. The SMILES string of the molecule is CCCC(O)CNC(=O)C(=O)Nc1ccc(Br)cc1. The van der Waals surface area contributed by atoms with Gasteiger partial charge in [0.1, 0.15) is 0 Å². The topological polar surface area (TPSA) is 78.4 Å². The number of aliphatic hydroxyl groups is 1. The molecule has 1 unspecified atom stereocenters. The Labute approximate surface area is 120 Å². The maximum absolute atomic E-state index is 11.6. The third-order valence-electron chi connectivity index (χ3n) is 2.43. The van der Waals surface area contributed by atoms with Gasteiger partial charge in [-0.3, -0.25) is 9.59 Å². The van der Waals surface area contributed by atoms with Gasteiger partial charge in [0.25, 0.3) is 0 Å². The number of carbonyl (C=O) groups excluding carboxylic acids is 2. The standard InChI is InChI=1S/C13H17BrN2O3/c1-2-3-11(17)8-15-12(18)13(19)16-10-6-4-9(14)5-7-10/h4-7,11,17H,2-3,8H2,1H3,(H,15,18)(H,16,19). The summed E-state index contributed by atoms with van der Waals surface area (Å²) in [5.74, 6) is -1.50. The lowest BCUT2D eigenvalue weighted by Crippen LogP contribution is -2.39. The molecule has 3 N–H and O–H groups in total. The second-order valence-electron chi connectivity index (χ2n) is 4.11. The number of anilines is 1. The van der Waals surface area contributed by atoms with E-state index in [2.05, 4.69) is 26.6 Å². The Hall–Kier alpha value is -1.40. The van der Waals surface area contributed by atoms with Gasteiger partial charge in [0.2, 0.25) is 0 Å². The predicted molar refractivity (Wildman–Crippen MR) is 76.7 cm³/mol. The highest BCUT2D eigenvalue weighted by Gasteiger charge is 2.14. The maximum Gasteiger partial charge on any atom is 0.313 e. The van der Waals surface area contributed by atoms with Gasteiger partial charge in [-0.15, -0.1) is 0 Å². The fraction of sp³-hybridized carbons (Fsp3) is 0.385. The van der Waals surface area contributed by atoms with E-state index in [1.165, 1.54) is 0 Å². The number of halogens is 1. The highest BCUT2D eigenvalue weighted by Crippen LogP contribution is 2.13. The molecule has 0 saturated carbocycles. The number of nitrogens with one attached hydrogen (secondary N) is 2. The monoisotopic (exact) mass is 328 g/mol. The average Bonchev–Trinajstić information content (AvgIpc) is 2.39. The lowest BCUT2D eigenvalue weighted by Gasteiger charge is -2.10. The van der Waals surface area contributed by atoms with Crippen molar-refractivity contribution in [3.8, 4) is 0 Å². The molecule has 6 heteroatoms. The number of rotatable bonds is 5. The summed E-state index contributed by atoms with van der Waals surface area (Å²) in [6.45, 7) is 2.02. The molecule has 5 nitrogen and oxygen atoms in total. The van der Waals surface area contributed by atoms with Crippen LogP contribution in [0.4, 0.5) is 5.69 Å². The van der Waals surface area contributed by atoms with Crippen molar-refractivity contribution in [2.45, 2.75) is 25.9 Å². The summed E-state index contributed by atoms with van der Waals surface area (Å²) in [5.41, 5.74) is 0.539. The van der Waals surface area contributed by atoms with Crippen LogP contribution in [0.1, 0.15) is 19.8 Å². The zero-order chi connectivity index (χ0) is 14.3. The van der Waals surface area contributed by atoms with Crippen molar-refractivity contribution in [1.29, 1.82) is 0 Å². The summed E-state index contributed by atoms with van der Waals surface area (Å²) in [4.78, 5) is 23.0. The molecule has 0 bridgehead atoms. The largest absolute Gasteiger partial charge is 0.391 e. The first-order chi connectivity index (χ1) is 9.02. The number of carbonyl (C=O) groups is 2. The Morgan fingerprint density at radius 1 is 1.26 bits per heavy atom. The van der Waals surface area contributed by atoms with Crippen LogP contribution in [0.15, 0.2) is 28.7 Å². The smallest absolute Gasteiger partial charge is 0.313 e. The van der Waals surface area contributed by atoms with Crippen molar-refractivity contribution < 1.29 is 14.7 Å². The number of amides is 2. The van der Waals surface area contributed by atoms with Crippen LogP contribution >= 0.6 is 15.9 Å². The minimum atomic E-state index is -0.752. The number of hydrogen-bond donors (Lipinski definition) is 3. The van der Waals surface area contributed by atoms with Gasteiger partial charge in [0.15, 0.2) is 0 Å². The van der Waals surface area contributed by atoms with Crippen LogP contribution in [0.2, 0.25) is 0 Å². The van der Waals surface area contributed by atoms with Crippen LogP contribution in [0, 0.1) is 0 Å². The van der Waals surface area contributed by atoms with Crippen molar-refractivity contribution in [1.82, 2.24) is 5.32 Å². The van der Waals surface area contributed by atoms with Crippen LogP contribution in [-0.4, -0.2) is 29.6 Å². The fourth-order valence-corrected chi connectivity index (χ4v) is 1.71. The first-order valence-electron chi connectivity index (χ1n) is 6.05. The van der Waals surface area contributed by atoms with E-state index >= 15 is 0 Å². The zero-order valence-electron chi connectivity index (χ0n) is 10.6. The molecule has 0 aromatic heterocycles. The van der Waals surface area contributed by atoms with Gasteiger partial charge in [-0.05, 0) is 30.7 Å². The second kappa shape index (κ2) is 7.91. The molecule has 104 valence electrons. The van der Waals surface area contributed by atoms with Crippen molar-refractivity contribution in [3.63, 3.8) is 0 Å². The number of benzene rings is 1. The summed E-state index contributed by atoms with van der Waals surface area (Å²) >= 11 is 3.28. The zero-order valence-corrected chi connectivity index (χ0v) is 12.2. The molecule has 0 aliphatic rings. The molecule has 0 aliphatic heterocycles. The molecule has 0 heterocycles. The summed E-state index contributed by atoms with van der Waals surface area (Å²) in [7, 11) is 0. The van der Waals surface area contributed by atoms with E-state index in [1.807, 2.05) is 6.92 Å². The van der Waals surface area contributed by atoms with Gasteiger partial charge in [-0.1, -0.05) is 29.3 Å². The lowest BCUT2D eigenvalue weighted by molar-refractivity contribution is -0.136. The van der Waals surface area contributed by atoms with E-state index in [0.717, 1.165) is 10.9 Å². The second-order valence-corrected chi connectivity index (χ2v) is 5.03. The molecule has 0 fully saturated rings. The van der Waals surface area contributed by atoms with Crippen LogP contribution < -0.4 is 10.6 Å². The first kappa shape index (κ1) is 15.7. The third kappa shape index (κ3) is 5.85. The average molecular weight is 329 g/mol. The van der Waals surface area contributed by atoms with Crippen LogP contribution in [0.25, 0.3) is 0 Å². The lowest BCUT2D eigenvalue weighted by atomic mass is 10.2. The molecule has 1 aromatic rings. The minimum absolute atomic E-state index is 0.0838. The molecule has 0 spiro atoms. The van der Waals surface area contributed by atoms with E-state index in [1.54, 1.807) is 24.3 Å². The van der Waals surface area contributed by atoms with E-state index in [4.69, 9.17) is 0 Å². The molecule has 19 heavy (non-hydrogen) atoms. The Morgan fingerprint density at radius 3 is 2.47 bits per heavy atom. The van der Waals surface area contributed by atoms with Gasteiger partial charge >= 0.3 is 11.8 Å². The summed E-state index contributed by atoms with van der Waals surface area (Å²) in [6, 6.07) is 6.89. The minimum Gasteiger partial charge on any atom is -0.391 e. The van der Waals surface area contributed by atoms with Gasteiger partial charge in [-0.2, -0.15) is 0 Å². The normalized spacial score (nSPS) is 11.7. The molecular weight excluding hydrogens is 312 g/mol. The molecule has 1 rings (SSSR count). The number of hydrogen-bond acceptors (Lipinski definition) is 3. The van der Waals surface area contributed by atoms with Gasteiger partial charge < -0.3 is 15.7 Å². The predicted octanol–water partition coefficient (Wildman–Crippen LogP) is 1.66. The van der Waals surface area contributed by atoms with E-state index in [-0.39, 0.29) is 6.54 Å². The molecule has 1 aromatic carbocycles. The quantitative estimate of drug-likeness (QED) is 0.719. The molecule has 0 radical (unpaired) electrons. The Morgan fingerprint density at radius 2 is 1.89 bits per heavy atom. The van der Waals surface area contributed by atoms with Crippen LogP contribution in [0.5, 0.6) is 0 Å². The van der Waals surface area contributed by atoms with Gasteiger partial charge in [0, 0.05) is 16.7 Å². The summed E-state index contributed by atoms with van der Waals surface area (Å²) < 4.78 is 0.887.